The van der Waals surface area contributed by atoms with Crippen LogP contribution in [0.25, 0.3) is 0 Å². The van der Waals surface area contributed by atoms with Crippen molar-refractivity contribution in [1.29, 1.82) is 0 Å². The van der Waals surface area contributed by atoms with E-state index in [4.69, 9.17) is 0 Å². The van der Waals surface area contributed by atoms with E-state index in [-0.39, 0.29) is 0 Å². The predicted octanol–water partition coefficient (Wildman–Crippen LogP) is 1.41. The first-order chi connectivity index (χ1) is 7.94. The molecule has 0 aliphatic rings. The first-order valence-electron chi connectivity index (χ1n) is 5.17. The number of halogens is 3. The number of hydrogen-bond donors (Lipinski definition) is 1. The second-order valence-corrected chi connectivity index (χ2v) is 5.98. The number of nitrogens with one attached hydrogen (secondary N) is 1. The Bertz CT molecular complexity index is 389. The lowest BCUT2D eigenvalue weighted by atomic mass is 9.91. The van der Waals surface area contributed by atoms with Crippen molar-refractivity contribution in [3.05, 3.63) is 0 Å². The molecule has 0 fully saturated rings. The second-order valence-electron chi connectivity index (χ2n) is 4.22. The van der Waals surface area contributed by atoms with Gasteiger partial charge in [-0.2, -0.15) is 13.2 Å². The molecule has 0 saturated carbocycles. The second kappa shape index (κ2) is 5.87. The van der Waals surface area contributed by atoms with Crippen molar-refractivity contribution < 1.29 is 31.1 Å². The molecule has 1 N–H and O–H groups in total. The lowest BCUT2D eigenvalue weighted by molar-refractivity contribution is -0.153. The smallest absolute Gasteiger partial charge is 0.464 e. The summed E-state index contributed by atoms with van der Waals surface area (Å²) in [5.74, 6) is -0.587. The maximum atomic E-state index is 11.9. The van der Waals surface area contributed by atoms with E-state index in [1.165, 1.54) is 4.72 Å². The van der Waals surface area contributed by atoms with Gasteiger partial charge in [0.2, 0.25) is 0 Å². The van der Waals surface area contributed by atoms with Crippen LogP contribution >= 0.6 is 0 Å². The standard InChI is InChI=1S/C9H16F3NO4S/c1-4-8(2,3)7(14)17-6-5-13-18(15,16)9(10,11)12/h13H,4-6H2,1-3H3. The molecule has 0 unspecified atom stereocenters. The van der Waals surface area contributed by atoms with E-state index in [2.05, 4.69) is 4.74 Å². The van der Waals surface area contributed by atoms with Crippen molar-refractivity contribution in [2.75, 3.05) is 13.2 Å². The van der Waals surface area contributed by atoms with Crippen LogP contribution in [0.2, 0.25) is 0 Å². The van der Waals surface area contributed by atoms with Crippen LogP contribution in [0.15, 0.2) is 0 Å². The minimum absolute atomic E-state index is 0.447. The third-order valence-corrected chi connectivity index (χ3v) is 3.56. The molecule has 5 nitrogen and oxygen atoms in total. The molecule has 0 atom stereocenters. The number of sulfonamides is 1. The Labute approximate surface area is 104 Å². The average Bonchev–Trinajstić information content (AvgIpc) is 2.22. The Morgan fingerprint density at radius 2 is 1.78 bits per heavy atom. The maximum absolute atomic E-state index is 11.9. The van der Waals surface area contributed by atoms with Crippen LogP contribution in [0.1, 0.15) is 27.2 Å². The van der Waals surface area contributed by atoms with Gasteiger partial charge in [0, 0.05) is 6.54 Å². The molecule has 0 heterocycles. The van der Waals surface area contributed by atoms with Gasteiger partial charge in [-0.25, -0.2) is 13.1 Å². The summed E-state index contributed by atoms with van der Waals surface area (Å²) in [6.45, 7) is 3.93. The summed E-state index contributed by atoms with van der Waals surface area (Å²) in [7, 11) is -5.38. The topological polar surface area (TPSA) is 72.5 Å². The summed E-state index contributed by atoms with van der Waals surface area (Å²) in [6.07, 6.45) is 0.500. The highest BCUT2D eigenvalue weighted by molar-refractivity contribution is 7.90. The quantitative estimate of drug-likeness (QED) is 0.593. The maximum Gasteiger partial charge on any atom is 0.511 e. The number of rotatable bonds is 6. The summed E-state index contributed by atoms with van der Waals surface area (Å²) < 4.78 is 62.8. The fourth-order valence-corrected chi connectivity index (χ4v) is 1.26. The van der Waals surface area contributed by atoms with Crippen molar-refractivity contribution in [2.45, 2.75) is 32.7 Å². The van der Waals surface area contributed by atoms with E-state index in [9.17, 15) is 26.4 Å². The van der Waals surface area contributed by atoms with E-state index in [1.807, 2.05) is 0 Å². The third-order valence-electron chi connectivity index (χ3n) is 2.37. The van der Waals surface area contributed by atoms with Crippen LogP contribution in [0.5, 0.6) is 0 Å². The van der Waals surface area contributed by atoms with Gasteiger partial charge in [-0.3, -0.25) is 4.79 Å². The molecule has 0 aliphatic carbocycles. The minimum atomic E-state index is -5.38. The number of esters is 1. The van der Waals surface area contributed by atoms with Crippen molar-refractivity contribution in [2.24, 2.45) is 5.41 Å². The van der Waals surface area contributed by atoms with Gasteiger partial charge >= 0.3 is 21.5 Å². The van der Waals surface area contributed by atoms with Gasteiger partial charge in [0.15, 0.2) is 0 Å². The summed E-state index contributed by atoms with van der Waals surface area (Å²) in [4.78, 5) is 11.4. The molecule has 0 saturated heterocycles. The van der Waals surface area contributed by atoms with Crippen molar-refractivity contribution >= 4 is 16.0 Å². The number of alkyl halides is 3. The van der Waals surface area contributed by atoms with Crippen molar-refractivity contribution in [3.8, 4) is 0 Å². The Hall–Kier alpha value is -0.830. The lowest BCUT2D eigenvalue weighted by Gasteiger charge is -2.20. The first kappa shape index (κ1) is 17.2. The van der Waals surface area contributed by atoms with Gasteiger partial charge in [0.1, 0.15) is 6.61 Å². The van der Waals surface area contributed by atoms with Gasteiger partial charge in [-0.1, -0.05) is 6.92 Å². The summed E-state index contributed by atoms with van der Waals surface area (Å²) in [6, 6.07) is 0. The van der Waals surface area contributed by atoms with Crippen LogP contribution in [-0.4, -0.2) is 33.0 Å². The Morgan fingerprint density at radius 3 is 2.17 bits per heavy atom. The van der Waals surface area contributed by atoms with Gasteiger partial charge in [-0.05, 0) is 20.3 Å². The van der Waals surface area contributed by atoms with Gasteiger partial charge in [0.25, 0.3) is 0 Å². The molecule has 0 radical (unpaired) electrons. The van der Waals surface area contributed by atoms with Crippen LogP contribution in [0, 0.1) is 5.41 Å². The largest absolute Gasteiger partial charge is 0.511 e. The minimum Gasteiger partial charge on any atom is -0.464 e. The normalized spacial score (nSPS) is 13.4. The molecule has 0 amide bonds. The molecule has 0 aromatic rings. The molecule has 0 rings (SSSR count). The zero-order valence-corrected chi connectivity index (χ0v) is 11.1. The lowest BCUT2D eigenvalue weighted by Crippen LogP contribution is -2.39. The number of hydrogen-bond acceptors (Lipinski definition) is 4. The molecule has 0 bridgehead atoms. The Balaban J connectivity index is 4.15. The SMILES string of the molecule is CCC(C)(C)C(=O)OCCNS(=O)(=O)C(F)(F)F. The highest BCUT2D eigenvalue weighted by Gasteiger charge is 2.45. The Morgan fingerprint density at radius 1 is 1.28 bits per heavy atom. The molecule has 18 heavy (non-hydrogen) atoms. The summed E-state index contributed by atoms with van der Waals surface area (Å²) in [5, 5.41) is 0. The zero-order chi connectivity index (χ0) is 14.6. The Kier molecular flexibility index (Phi) is 5.60. The molecule has 0 spiro atoms. The van der Waals surface area contributed by atoms with Crippen molar-refractivity contribution in [1.82, 2.24) is 4.72 Å². The van der Waals surface area contributed by atoms with Crippen LogP contribution < -0.4 is 4.72 Å². The number of ether oxygens (including phenoxy) is 1. The molecule has 9 heteroatoms. The summed E-state index contributed by atoms with van der Waals surface area (Å²) >= 11 is 0. The highest BCUT2D eigenvalue weighted by atomic mass is 32.2. The van der Waals surface area contributed by atoms with E-state index in [1.54, 1.807) is 20.8 Å². The molecule has 0 aliphatic heterocycles. The van der Waals surface area contributed by atoms with Gasteiger partial charge < -0.3 is 4.74 Å². The molecular weight excluding hydrogens is 275 g/mol. The summed E-state index contributed by atoms with van der Waals surface area (Å²) in [5.41, 5.74) is -6.11. The molecule has 108 valence electrons. The first-order valence-corrected chi connectivity index (χ1v) is 6.65. The van der Waals surface area contributed by atoms with E-state index in [0.29, 0.717) is 6.42 Å². The average molecular weight is 291 g/mol. The molecular formula is C9H16F3NO4S. The fraction of sp³-hybridized carbons (Fsp3) is 0.889. The van der Waals surface area contributed by atoms with Crippen LogP contribution in [-0.2, 0) is 19.6 Å². The van der Waals surface area contributed by atoms with Crippen LogP contribution in [0.4, 0.5) is 13.2 Å². The van der Waals surface area contributed by atoms with E-state index >= 15 is 0 Å². The molecule has 0 aromatic heterocycles. The monoisotopic (exact) mass is 291 g/mol. The highest BCUT2D eigenvalue weighted by Crippen LogP contribution is 2.22. The zero-order valence-electron chi connectivity index (χ0n) is 10.3. The predicted molar refractivity (Wildman–Crippen MR) is 58.0 cm³/mol. The number of carbonyl (C=O) groups is 1. The number of carbonyl (C=O) groups excluding carboxylic acids is 1. The third kappa shape index (κ3) is 4.81. The molecule has 0 aromatic carbocycles. The van der Waals surface area contributed by atoms with Gasteiger partial charge in [0.05, 0.1) is 5.41 Å². The van der Waals surface area contributed by atoms with Crippen LogP contribution in [0.3, 0.4) is 0 Å². The fourth-order valence-electron chi connectivity index (χ4n) is 0.741. The van der Waals surface area contributed by atoms with E-state index in [0.717, 1.165) is 0 Å². The van der Waals surface area contributed by atoms with Crippen molar-refractivity contribution in [3.63, 3.8) is 0 Å². The van der Waals surface area contributed by atoms with Gasteiger partial charge in [-0.15, -0.1) is 0 Å². The van der Waals surface area contributed by atoms with E-state index < -0.39 is 40.1 Å².